The Balaban J connectivity index is 2.09. The molecule has 1 aromatic carbocycles. The Labute approximate surface area is 124 Å². The van der Waals surface area contributed by atoms with Crippen LogP contribution in [0.25, 0.3) is 0 Å². The number of benzene rings is 1. The van der Waals surface area contributed by atoms with Gasteiger partial charge in [0.15, 0.2) is 0 Å². The van der Waals surface area contributed by atoms with Crippen molar-refractivity contribution in [3.63, 3.8) is 0 Å². The number of rotatable bonds is 6. The molecule has 0 heterocycles. The molecule has 1 aliphatic carbocycles. The van der Waals surface area contributed by atoms with Gasteiger partial charge in [-0.2, -0.15) is 0 Å². The molecule has 1 fully saturated rings. The van der Waals surface area contributed by atoms with E-state index in [-0.39, 0.29) is 0 Å². The van der Waals surface area contributed by atoms with Crippen molar-refractivity contribution >= 4 is 0 Å². The van der Waals surface area contributed by atoms with Gasteiger partial charge in [-0.05, 0) is 36.8 Å². The zero-order valence-corrected chi connectivity index (χ0v) is 13.1. The van der Waals surface area contributed by atoms with Gasteiger partial charge in [0.2, 0.25) is 0 Å². The molecule has 1 aliphatic rings. The predicted octanol–water partition coefficient (Wildman–Crippen LogP) is 3.81. The predicted molar refractivity (Wildman–Crippen MR) is 86.6 cm³/mol. The first kappa shape index (κ1) is 15.5. The molecule has 2 heteroatoms. The van der Waals surface area contributed by atoms with Crippen LogP contribution < -0.4 is 5.73 Å². The van der Waals surface area contributed by atoms with Crippen molar-refractivity contribution in [3.05, 3.63) is 35.9 Å². The highest BCUT2D eigenvalue weighted by atomic mass is 15.2. The maximum Gasteiger partial charge on any atom is 0.0236 e. The summed E-state index contributed by atoms with van der Waals surface area (Å²) in [5.41, 5.74) is 7.59. The van der Waals surface area contributed by atoms with E-state index < -0.39 is 0 Å². The Morgan fingerprint density at radius 3 is 2.60 bits per heavy atom. The molecule has 0 aliphatic heterocycles. The molecule has 2 nitrogen and oxygen atoms in total. The van der Waals surface area contributed by atoms with Crippen molar-refractivity contribution in [3.8, 4) is 0 Å². The van der Waals surface area contributed by atoms with Crippen molar-refractivity contribution in [1.29, 1.82) is 0 Å². The summed E-state index contributed by atoms with van der Waals surface area (Å²) in [7, 11) is 0. The second kappa shape index (κ2) is 7.24. The summed E-state index contributed by atoms with van der Waals surface area (Å²) >= 11 is 0. The minimum absolute atomic E-state index is 0.432. The third-order valence-electron chi connectivity index (χ3n) is 4.77. The van der Waals surface area contributed by atoms with Gasteiger partial charge in [-0.1, -0.05) is 57.0 Å². The van der Waals surface area contributed by atoms with E-state index in [2.05, 4.69) is 49.1 Å². The molecule has 112 valence electrons. The molecule has 1 atom stereocenters. The van der Waals surface area contributed by atoms with E-state index in [0.29, 0.717) is 11.5 Å². The van der Waals surface area contributed by atoms with Gasteiger partial charge >= 0.3 is 0 Å². The summed E-state index contributed by atoms with van der Waals surface area (Å²) in [5.74, 6) is 0. The lowest BCUT2D eigenvalue weighted by Crippen LogP contribution is -2.47. The molecule has 0 aromatic heterocycles. The molecule has 2 rings (SSSR count). The SMILES string of the molecule is CC1(C)CCCCC1N(CCCN)Cc1ccccc1. The van der Waals surface area contributed by atoms with Crippen molar-refractivity contribution in [2.24, 2.45) is 11.1 Å². The van der Waals surface area contributed by atoms with Crippen LogP contribution in [-0.4, -0.2) is 24.0 Å². The van der Waals surface area contributed by atoms with Crippen LogP contribution in [0.5, 0.6) is 0 Å². The van der Waals surface area contributed by atoms with E-state index in [9.17, 15) is 0 Å². The molecule has 1 aromatic rings. The van der Waals surface area contributed by atoms with Crippen LogP contribution >= 0.6 is 0 Å². The van der Waals surface area contributed by atoms with Gasteiger partial charge in [0.25, 0.3) is 0 Å². The summed E-state index contributed by atoms with van der Waals surface area (Å²) in [6.07, 6.45) is 6.55. The number of nitrogens with two attached hydrogens (primary N) is 1. The second-order valence-electron chi connectivity index (χ2n) is 6.85. The highest BCUT2D eigenvalue weighted by molar-refractivity contribution is 5.14. The number of hydrogen-bond donors (Lipinski definition) is 1. The maximum absolute atomic E-state index is 5.74. The third-order valence-corrected chi connectivity index (χ3v) is 4.77. The Hall–Kier alpha value is -0.860. The summed E-state index contributed by atoms with van der Waals surface area (Å²) in [4.78, 5) is 2.68. The van der Waals surface area contributed by atoms with Crippen LogP contribution in [-0.2, 0) is 6.54 Å². The fraction of sp³-hybridized carbons (Fsp3) is 0.667. The molecule has 0 amide bonds. The van der Waals surface area contributed by atoms with Crippen LogP contribution in [0.4, 0.5) is 0 Å². The van der Waals surface area contributed by atoms with Crippen molar-refractivity contribution in [2.75, 3.05) is 13.1 Å². The Kier molecular flexibility index (Phi) is 5.62. The van der Waals surface area contributed by atoms with Gasteiger partial charge in [0.1, 0.15) is 0 Å². The summed E-state index contributed by atoms with van der Waals surface area (Å²) < 4.78 is 0. The van der Waals surface area contributed by atoms with Crippen molar-refractivity contribution < 1.29 is 0 Å². The summed E-state index contributed by atoms with van der Waals surface area (Å²) in [5, 5.41) is 0. The quantitative estimate of drug-likeness (QED) is 0.855. The minimum Gasteiger partial charge on any atom is -0.330 e. The van der Waals surface area contributed by atoms with Gasteiger partial charge < -0.3 is 5.73 Å². The monoisotopic (exact) mass is 274 g/mol. The first-order chi connectivity index (χ1) is 9.63. The lowest BCUT2D eigenvalue weighted by molar-refractivity contribution is 0.0426. The van der Waals surface area contributed by atoms with Gasteiger partial charge in [0, 0.05) is 19.1 Å². The molecular weight excluding hydrogens is 244 g/mol. The van der Waals surface area contributed by atoms with E-state index in [1.165, 1.54) is 31.2 Å². The number of nitrogens with zero attached hydrogens (tertiary/aromatic N) is 1. The Morgan fingerprint density at radius 2 is 1.95 bits per heavy atom. The summed E-state index contributed by atoms with van der Waals surface area (Å²) in [6.45, 7) is 7.86. The van der Waals surface area contributed by atoms with Gasteiger partial charge in [-0.25, -0.2) is 0 Å². The van der Waals surface area contributed by atoms with Gasteiger partial charge in [-0.15, -0.1) is 0 Å². The van der Waals surface area contributed by atoms with Crippen LogP contribution in [0.2, 0.25) is 0 Å². The zero-order valence-electron chi connectivity index (χ0n) is 13.1. The molecule has 1 unspecified atom stereocenters. The highest BCUT2D eigenvalue weighted by Crippen LogP contribution is 2.39. The molecule has 1 saturated carbocycles. The topological polar surface area (TPSA) is 29.3 Å². The highest BCUT2D eigenvalue weighted by Gasteiger charge is 2.35. The van der Waals surface area contributed by atoms with E-state index in [1.54, 1.807) is 0 Å². The largest absolute Gasteiger partial charge is 0.330 e. The van der Waals surface area contributed by atoms with Crippen molar-refractivity contribution in [2.45, 2.75) is 58.5 Å². The molecule has 0 radical (unpaired) electrons. The Bertz CT molecular complexity index is 386. The van der Waals surface area contributed by atoms with E-state index in [1.807, 2.05) is 0 Å². The third kappa shape index (κ3) is 4.07. The molecular formula is C18H30N2. The fourth-order valence-corrected chi connectivity index (χ4v) is 3.61. The normalized spacial score (nSPS) is 22.1. The molecule has 0 bridgehead atoms. The average Bonchev–Trinajstić information content (AvgIpc) is 2.44. The van der Waals surface area contributed by atoms with Crippen LogP contribution in [0.1, 0.15) is 51.5 Å². The molecule has 0 saturated heterocycles. The maximum atomic E-state index is 5.74. The molecule has 0 spiro atoms. The minimum atomic E-state index is 0.432. The lowest BCUT2D eigenvalue weighted by atomic mass is 9.72. The molecule has 2 N–H and O–H groups in total. The summed E-state index contributed by atoms with van der Waals surface area (Å²) in [6, 6.07) is 11.6. The van der Waals surface area contributed by atoms with Gasteiger partial charge in [-0.3, -0.25) is 4.90 Å². The zero-order chi connectivity index (χ0) is 14.4. The van der Waals surface area contributed by atoms with E-state index >= 15 is 0 Å². The van der Waals surface area contributed by atoms with Gasteiger partial charge in [0.05, 0.1) is 0 Å². The first-order valence-electron chi connectivity index (χ1n) is 8.11. The van der Waals surface area contributed by atoms with Crippen LogP contribution in [0.15, 0.2) is 30.3 Å². The first-order valence-corrected chi connectivity index (χ1v) is 8.11. The average molecular weight is 274 g/mol. The molecule has 20 heavy (non-hydrogen) atoms. The standard InChI is InChI=1S/C18H30N2/c1-18(2)12-7-6-11-17(18)20(14-8-13-19)15-16-9-4-3-5-10-16/h3-5,9-10,17H,6-8,11-15,19H2,1-2H3. The second-order valence-corrected chi connectivity index (χ2v) is 6.85. The smallest absolute Gasteiger partial charge is 0.0236 e. The fourth-order valence-electron chi connectivity index (χ4n) is 3.61. The Morgan fingerprint density at radius 1 is 1.20 bits per heavy atom. The van der Waals surface area contributed by atoms with E-state index in [0.717, 1.165) is 26.1 Å². The van der Waals surface area contributed by atoms with E-state index in [4.69, 9.17) is 5.73 Å². The van der Waals surface area contributed by atoms with Crippen LogP contribution in [0, 0.1) is 5.41 Å². The van der Waals surface area contributed by atoms with Crippen molar-refractivity contribution in [1.82, 2.24) is 4.90 Å². The van der Waals surface area contributed by atoms with Crippen LogP contribution in [0.3, 0.4) is 0 Å². The lowest BCUT2D eigenvalue weighted by Gasteiger charge is -2.45. The number of hydrogen-bond acceptors (Lipinski definition) is 2.